The highest BCUT2D eigenvalue weighted by Gasteiger charge is 2.13. The Bertz CT molecular complexity index is 839. The van der Waals surface area contributed by atoms with E-state index in [1.165, 1.54) is 24.6 Å². The molecule has 1 amide bonds. The van der Waals surface area contributed by atoms with Gasteiger partial charge in [0, 0.05) is 30.5 Å². The summed E-state index contributed by atoms with van der Waals surface area (Å²) in [5, 5.41) is 2.95. The minimum atomic E-state index is -0.165. The van der Waals surface area contributed by atoms with Crippen molar-refractivity contribution in [1.29, 1.82) is 0 Å². The lowest BCUT2D eigenvalue weighted by Gasteiger charge is -2.19. The Balaban J connectivity index is 1.66. The summed E-state index contributed by atoms with van der Waals surface area (Å²) >= 11 is 0. The third-order valence-electron chi connectivity index (χ3n) is 4.77. The first-order valence-corrected chi connectivity index (χ1v) is 9.17. The number of methoxy groups -OCH3 is 2. The van der Waals surface area contributed by atoms with Gasteiger partial charge in [0.05, 0.1) is 14.2 Å². The molecule has 1 N–H and O–H groups in total. The maximum atomic E-state index is 12.3. The van der Waals surface area contributed by atoms with Crippen LogP contribution in [0, 0.1) is 6.92 Å². The van der Waals surface area contributed by atoms with Crippen molar-refractivity contribution in [3.8, 4) is 11.5 Å². The normalized spacial score (nSPS) is 13.8. The Hall–Kier alpha value is -2.95. The van der Waals surface area contributed by atoms with Crippen LogP contribution in [0.3, 0.4) is 0 Å². The number of nitrogens with one attached hydrogen (secondary N) is 1. The van der Waals surface area contributed by atoms with Crippen molar-refractivity contribution in [2.75, 3.05) is 37.5 Å². The second-order valence-corrected chi connectivity index (χ2v) is 6.63. The molecule has 0 bridgehead atoms. The van der Waals surface area contributed by atoms with Crippen LogP contribution in [0.1, 0.15) is 24.0 Å². The van der Waals surface area contributed by atoms with Gasteiger partial charge in [0.15, 0.2) is 11.5 Å². The summed E-state index contributed by atoms with van der Waals surface area (Å²) in [4.78, 5) is 14.7. The third kappa shape index (κ3) is 4.61. The van der Waals surface area contributed by atoms with Crippen molar-refractivity contribution in [3.05, 3.63) is 53.6 Å². The number of rotatable bonds is 6. The van der Waals surface area contributed by atoms with E-state index in [4.69, 9.17) is 9.47 Å². The second-order valence-electron chi connectivity index (χ2n) is 6.63. The zero-order chi connectivity index (χ0) is 19.2. The molecule has 1 saturated heterocycles. The summed E-state index contributed by atoms with van der Waals surface area (Å²) in [6, 6.07) is 11.7. The largest absolute Gasteiger partial charge is 0.493 e. The highest BCUT2D eigenvalue weighted by molar-refractivity contribution is 6.02. The van der Waals surface area contributed by atoms with Gasteiger partial charge in [-0.2, -0.15) is 0 Å². The van der Waals surface area contributed by atoms with Crippen molar-refractivity contribution in [3.63, 3.8) is 0 Å². The molecule has 1 aliphatic rings. The first-order chi connectivity index (χ1) is 13.1. The molecule has 1 fully saturated rings. The zero-order valence-electron chi connectivity index (χ0n) is 16.1. The maximum Gasteiger partial charge on any atom is 0.248 e. The van der Waals surface area contributed by atoms with Crippen LogP contribution < -0.4 is 19.7 Å². The van der Waals surface area contributed by atoms with Crippen molar-refractivity contribution in [2.45, 2.75) is 19.8 Å². The molecule has 0 unspecified atom stereocenters. The topological polar surface area (TPSA) is 50.8 Å². The molecule has 5 heteroatoms. The summed E-state index contributed by atoms with van der Waals surface area (Å²) in [7, 11) is 3.19. The van der Waals surface area contributed by atoms with Gasteiger partial charge in [0.25, 0.3) is 0 Å². The van der Waals surface area contributed by atoms with Crippen LogP contribution >= 0.6 is 0 Å². The molecule has 0 saturated carbocycles. The van der Waals surface area contributed by atoms with Crippen molar-refractivity contribution in [2.24, 2.45) is 0 Å². The van der Waals surface area contributed by atoms with E-state index in [9.17, 15) is 4.79 Å². The van der Waals surface area contributed by atoms with Crippen LogP contribution in [0.5, 0.6) is 11.5 Å². The Morgan fingerprint density at radius 3 is 2.44 bits per heavy atom. The van der Waals surface area contributed by atoms with Crippen LogP contribution in [-0.4, -0.2) is 33.2 Å². The molecule has 0 spiro atoms. The van der Waals surface area contributed by atoms with Gasteiger partial charge >= 0.3 is 0 Å². The zero-order valence-corrected chi connectivity index (χ0v) is 16.1. The van der Waals surface area contributed by atoms with Gasteiger partial charge in [0.1, 0.15) is 0 Å². The summed E-state index contributed by atoms with van der Waals surface area (Å²) in [6.45, 7) is 4.24. The van der Waals surface area contributed by atoms with E-state index < -0.39 is 0 Å². The first-order valence-electron chi connectivity index (χ1n) is 9.17. The molecule has 27 heavy (non-hydrogen) atoms. The number of carbonyl (C=O) groups excluding carboxylic acids is 1. The monoisotopic (exact) mass is 366 g/mol. The van der Waals surface area contributed by atoms with E-state index in [2.05, 4.69) is 22.3 Å². The highest BCUT2D eigenvalue weighted by Crippen LogP contribution is 2.28. The summed E-state index contributed by atoms with van der Waals surface area (Å²) < 4.78 is 10.5. The fourth-order valence-corrected chi connectivity index (χ4v) is 3.26. The number of nitrogens with zero attached hydrogens (tertiary/aromatic N) is 1. The fraction of sp³-hybridized carbons (Fsp3) is 0.318. The van der Waals surface area contributed by atoms with Gasteiger partial charge in [0.2, 0.25) is 5.91 Å². The molecule has 0 aromatic heterocycles. The number of hydrogen-bond donors (Lipinski definition) is 1. The predicted octanol–water partition coefficient (Wildman–Crippen LogP) is 4.26. The number of anilines is 2. The first kappa shape index (κ1) is 18.8. The van der Waals surface area contributed by atoms with Crippen molar-refractivity contribution in [1.82, 2.24) is 0 Å². The van der Waals surface area contributed by atoms with E-state index in [-0.39, 0.29) is 5.91 Å². The highest BCUT2D eigenvalue weighted by atomic mass is 16.5. The minimum absolute atomic E-state index is 0.165. The number of ether oxygens (including phenoxy) is 2. The lowest BCUT2D eigenvalue weighted by Crippen LogP contribution is -2.18. The summed E-state index contributed by atoms with van der Waals surface area (Å²) in [5.74, 6) is 1.13. The second kappa shape index (κ2) is 8.62. The smallest absolute Gasteiger partial charge is 0.248 e. The van der Waals surface area contributed by atoms with E-state index >= 15 is 0 Å². The molecule has 1 heterocycles. The summed E-state index contributed by atoms with van der Waals surface area (Å²) in [6.07, 6.45) is 5.78. The van der Waals surface area contributed by atoms with Gasteiger partial charge in [-0.1, -0.05) is 6.07 Å². The molecule has 5 nitrogen and oxygen atoms in total. The molecule has 2 aromatic carbocycles. The Kier molecular flexibility index (Phi) is 6.01. The lowest BCUT2D eigenvalue weighted by molar-refractivity contribution is -0.111. The molecule has 0 atom stereocenters. The van der Waals surface area contributed by atoms with Crippen LogP contribution in [0.2, 0.25) is 0 Å². The number of hydrogen-bond acceptors (Lipinski definition) is 4. The van der Waals surface area contributed by atoms with E-state index in [0.717, 1.165) is 29.9 Å². The predicted molar refractivity (Wildman–Crippen MR) is 110 cm³/mol. The molecule has 1 aliphatic heterocycles. The van der Waals surface area contributed by atoms with Crippen LogP contribution in [0.25, 0.3) is 6.08 Å². The molecule has 142 valence electrons. The number of carbonyl (C=O) groups is 1. The molecule has 0 radical (unpaired) electrons. The number of aryl methyl sites for hydroxylation is 1. The van der Waals surface area contributed by atoms with Gasteiger partial charge in [-0.05, 0) is 67.3 Å². The van der Waals surface area contributed by atoms with E-state index in [1.54, 1.807) is 20.3 Å². The summed E-state index contributed by atoms with van der Waals surface area (Å²) in [5.41, 5.74) is 3.99. The van der Waals surface area contributed by atoms with Crippen molar-refractivity contribution < 1.29 is 14.3 Å². The van der Waals surface area contributed by atoms with Crippen molar-refractivity contribution >= 4 is 23.4 Å². The quantitative estimate of drug-likeness (QED) is 0.776. The Morgan fingerprint density at radius 2 is 1.78 bits per heavy atom. The average Bonchev–Trinajstić information content (AvgIpc) is 3.22. The SMILES string of the molecule is COc1ccc(/C=C/C(=O)Nc2ccc(N3CCCC3)cc2C)cc1OC. The molecule has 2 aromatic rings. The number of amides is 1. The number of benzene rings is 2. The molecular formula is C22H26N2O3. The third-order valence-corrected chi connectivity index (χ3v) is 4.77. The Morgan fingerprint density at radius 1 is 1.04 bits per heavy atom. The van der Waals surface area contributed by atoms with Gasteiger partial charge in [-0.25, -0.2) is 0 Å². The molecule has 0 aliphatic carbocycles. The van der Waals surface area contributed by atoms with Crippen LogP contribution in [0.4, 0.5) is 11.4 Å². The van der Waals surface area contributed by atoms with Crippen LogP contribution in [-0.2, 0) is 4.79 Å². The standard InChI is InChI=1S/C22H26N2O3/c1-16-14-18(24-12-4-5-13-24)8-9-19(16)23-22(25)11-7-17-6-10-20(26-2)21(15-17)27-3/h6-11,14-15H,4-5,12-13H2,1-3H3,(H,23,25)/b11-7+. The minimum Gasteiger partial charge on any atom is -0.493 e. The molecular weight excluding hydrogens is 340 g/mol. The lowest BCUT2D eigenvalue weighted by atomic mass is 10.1. The van der Waals surface area contributed by atoms with Gasteiger partial charge in [-0.3, -0.25) is 4.79 Å². The van der Waals surface area contributed by atoms with E-state index in [0.29, 0.717) is 11.5 Å². The maximum absolute atomic E-state index is 12.3. The average molecular weight is 366 g/mol. The molecule has 3 rings (SSSR count). The fourth-order valence-electron chi connectivity index (χ4n) is 3.26. The van der Waals surface area contributed by atoms with Gasteiger partial charge < -0.3 is 19.7 Å². The van der Waals surface area contributed by atoms with Crippen LogP contribution in [0.15, 0.2) is 42.5 Å². The van der Waals surface area contributed by atoms with E-state index in [1.807, 2.05) is 31.2 Å². The van der Waals surface area contributed by atoms with Gasteiger partial charge in [-0.15, -0.1) is 0 Å². The Labute approximate surface area is 160 Å².